The molecule has 0 aliphatic rings. The van der Waals surface area contributed by atoms with Gasteiger partial charge in [-0.15, -0.1) is 0 Å². The van der Waals surface area contributed by atoms with E-state index in [0.29, 0.717) is 36.7 Å². The molecule has 0 fully saturated rings. The molecular formula is C35H50O6. The maximum absolute atomic E-state index is 12.5. The Morgan fingerprint density at radius 2 is 1.00 bits per heavy atom. The molecule has 0 bridgehead atoms. The summed E-state index contributed by atoms with van der Waals surface area (Å²) in [7, 11) is 0. The molecule has 41 heavy (non-hydrogen) atoms. The highest BCUT2D eigenvalue weighted by atomic mass is 16.5. The van der Waals surface area contributed by atoms with Crippen LogP contribution in [0.1, 0.15) is 114 Å². The average molecular weight is 567 g/mol. The number of hydrogen-bond donors (Lipinski definition) is 0. The molecule has 2 rings (SSSR count). The van der Waals surface area contributed by atoms with E-state index in [2.05, 4.69) is 13.5 Å². The summed E-state index contributed by atoms with van der Waals surface area (Å²) >= 11 is 0. The Morgan fingerprint density at radius 3 is 1.49 bits per heavy atom. The standard InChI is InChI=1S/C35H50O6/c1-4-5-6-7-12-15-26-38-31-20-18-30(19-21-31)35(37)41-33-24-22-32(23-25-33)39-27-16-13-10-8-9-11-14-17-28-40-34(36)29(2)3/h18-25H,2,4-17,26-28H2,1,3H3. The van der Waals surface area contributed by atoms with Gasteiger partial charge in [0.1, 0.15) is 17.2 Å². The second-order valence-corrected chi connectivity index (χ2v) is 10.6. The van der Waals surface area contributed by atoms with E-state index < -0.39 is 5.97 Å². The van der Waals surface area contributed by atoms with Gasteiger partial charge in [-0.05, 0) is 74.7 Å². The first-order valence-electron chi connectivity index (χ1n) is 15.5. The van der Waals surface area contributed by atoms with Crippen LogP contribution >= 0.6 is 0 Å². The number of esters is 2. The van der Waals surface area contributed by atoms with Crippen LogP contribution in [0.25, 0.3) is 0 Å². The van der Waals surface area contributed by atoms with E-state index in [1.54, 1.807) is 31.2 Å². The van der Waals surface area contributed by atoms with Crippen molar-refractivity contribution in [3.63, 3.8) is 0 Å². The van der Waals surface area contributed by atoms with Crippen molar-refractivity contribution in [3.8, 4) is 17.2 Å². The van der Waals surface area contributed by atoms with Gasteiger partial charge in [-0.25, -0.2) is 9.59 Å². The number of carbonyl (C=O) groups excluding carboxylic acids is 2. The van der Waals surface area contributed by atoms with E-state index in [0.717, 1.165) is 50.0 Å². The minimum atomic E-state index is -0.396. The number of ether oxygens (including phenoxy) is 4. The molecule has 6 heteroatoms. The zero-order chi connectivity index (χ0) is 29.5. The molecule has 0 saturated heterocycles. The topological polar surface area (TPSA) is 71.1 Å². The van der Waals surface area contributed by atoms with E-state index >= 15 is 0 Å². The first-order valence-corrected chi connectivity index (χ1v) is 15.5. The SMILES string of the molecule is C=C(C)C(=O)OCCCCCCCCCCOc1ccc(OC(=O)c2ccc(OCCCCCCCC)cc2)cc1. The Hall–Kier alpha value is -3.28. The van der Waals surface area contributed by atoms with Gasteiger partial charge in [-0.2, -0.15) is 0 Å². The summed E-state index contributed by atoms with van der Waals surface area (Å²) < 4.78 is 22.2. The van der Waals surface area contributed by atoms with Crippen molar-refractivity contribution in [1.82, 2.24) is 0 Å². The lowest BCUT2D eigenvalue weighted by molar-refractivity contribution is -0.139. The summed E-state index contributed by atoms with van der Waals surface area (Å²) in [5, 5.41) is 0. The largest absolute Gasteiger partial charge is 0.494 e. The van der Waals surface area contributed by atoms with Gasteiger partial charge in [0.15, 0.2) is 0 Å². The summed E-state index contributed by atoms with van der Waals surface area (Å²) in [6, 6.07) is 14.3. The van der Waals surface area contributed by atoms with Gasteiger partial charge in [0, 0.05) is 5.57 Å². The highest BCUT2D eigenvalue weighted by Gasteiger charge is 2.09. The molecule has 0 aliphatic heterocycles. The van der Waals surface area contributed by atoms with E-state index in [9.17, 15) is 9.59 Å². The molecule has 0 heterocycles. The van der Waals surface area contributed by atoms with Crippen LogP contribution < -0.4 is 14.2 Å². The summed E-state index contributed by atoms with van der Waals surface area (Å²) in [6.07, 6.45) is 16.3. The van der Waals surface area contributed by atoms with Crippen LogP contribution in [0.2, 0.25) is 0 Å². The zero-order valence-corrected chi connectivity index (χ0v) is 25.3. The minimum absolute atomic E-state index is 0.298. The smallest absolute Gasteiger partial charge is 0.343 e. The molecule has 2 aromatic rings. The van der Waals surface area contributed by atoms with Crippen LogP contribution in [0.15, 0.2) is 60.7 Å². The van der Waals surface area contributed by atoms with Crippen molar-refractivity contribution in [2.75, 3.05) is 19.8 Å². The van der Waals surface area contributed by atoms with Crippen molar-refractivity contribution in [2.24, 2.45) is 0 Å². The van der Waals surface area contributed by atoms with Crippen LogP contribution in [-0.4, -0.2) is 31.8 Å². The molecule has 0 aliphatic carbocycles. The third-order valence-electron chi connectivity index (χ3n) is 6.78. The minimum Gasteiger partial charge on any atom is -0.494 e. The molecule has 226 valence electrons. The number of benzene rings is 2. The van der Waals surface area contributed by atoms with Crippen LogP contribution in [0, 0.1) is 0 Å². The number of unbranched alkanes of at least 4 members (excludes halogenated alkanes) is 12. The quantitative estimate of drug-likeness (QED) is 0.0578. The zero-order valence-electron chi connectivity index (χ0n) is 25.3. The van der Waals surface area contributed by atoms with Gasteiger partial charge in [0.2, 0.25) is 0 Å². The van der Waals surface area contributed by atoms with Gasteiger partial charge in [0.25, 0.3) is 0 Å². The van der Waals surface area contributed by atoms with Gasteiger partial charge in [0.05, 0.1) is 25.4 Å². The molecular weight excluding hydrogens is 516 g/mol. The van der Waals surface area contributed by atoms with E-state index in [-0.39, 0.29) is 5.97 Å². The van der Waals surface area contributed by atoms with Gasteiger partial charge >= 0.3 is 11.9 Å². The van der Waals surface area contributed by atoms with E-state index in [1.165, 1.54) is 51.4 Å². The third kappa shape index (κ3) is 15.9. The Morgan fingerprint density at radius 1 is 0.585 bits per heavy atom. The molecule has 6 nitrogen and oxygen atoms in total. The molecule has 0 saturated carbocycles. The average Bonchev–Trinajstić information content (AvgIpc) is 2.98. The molecule has 0 spiro atoms. The first kappa shape index (κ1) is 33.9. The van der Waals surface area contributed by atoms with E-state index in [4.69, 9.17) is 18.9 Å². The van der Waals surface area contributed by atoms with E-state index in [1.807, 2.05) is 24.3 Å². The van der Waals surface area contributed by atoms with Crippen molar-refractivity contribution >= 4 is 11.9 Å². The summed E-state index contributed by atoms with van der Waals surface area (Å²) in [6.45, 7) is 9.31. The predicted molar refractivity (Wildman–Crippen MR) is 165 cm³/mol. The summed E-state index contributed by atoms with van der Waals surface area (Å²) in [5.74, 6) is 1.33. The van der Waals surface area contributed by atoms with Gasteiger partial charge in [-0.3, -0.25) is 0 Å². The molecule has 0 aromatic heterocycles. The monoisotopic (exact) mass is 566 g/mol. The third-order valence-corrected chi connectivity index (χ3v) is 6.78. The molecule has 0 amide bonds. The van der Waals surface area contributed by atoms with Crippen molar-refractivity contribution in [3.05, 3.63) is 66.2 Å². The number of carbonyl (C=O) groups is 2. The van der Waals surface area contributed by atoms with Gasteiger partial charge < -0.3 is 18.9 Å². The molecule has 0 unspecified atom stereocenters. The van der Waals surface area contributed by atoms with Gasteiger partial charge in [-0.1, -0.05) is 84.1 Å². The Balaban J connectivity index is 1.51. The molecule has 2 aromatic carbocycles. The number of rotatable bonds is 23. The Bertz CT molecular complexity index is 996. The molecule has 0 atom stereocenters. The fourth-order valence-corrected chi connectivity index (χ4v) is 4.27. The molecule has 0 N–H and O–H groups in total. The van der Waals surface area contributed by atoms with Crippen molar-refractivity contribution in [2.45, 2.75) is 104 Å². The van der Waals surface area contributed by atoms with Crippen LogP contribution in [0.4, 0.5) is 0 Å². The number of hydrogen-bond acceptors (Lipinski definition) is 6. The lowest BCUT2D eigenvalue weighted by atomic mass is 10.1. The second kappa shape index (κ2) is 21.5. The summed E-state index contributed by atoms with van der Waals surface area (Å²) in [5.41, 5.74) is 0.940. The lowest BCUT2D eigenvalue weighted by Gasteiger charge is -2.09. The lowest BCUT2D eigenvalue weighted by Crippen LogP contribution is -2.08. The highest BCUT2D eigenvalue weighted by molar-refractivity contribution is 5.91. The second-order valence-electron chi connectivity index (χ2n) is 10.6. The highest BCUT2D eigenvalue weighted by Crippen LogP contribution is 2.20. The fraction of sp³-hybridized carbons (Fsp3) is 0.543. The van der Waals surface area contributed by atoms with Crippen LogP contribution in [0.3, 0.4) is 0 Å². The first-order chi connectivity index (χ1) is 20.0. The van der Waals surface area contributed by atoms with Crippen LogP contribution in [-0.2, 0) is 9.53 Å². The molecule has 0 radical (unpaired) electrons. The summed E-state index contributed by atoms with van der Waals surface area (Å²) in [4.78, 5) is 23.8. The normalized spacial score (nSPS) is 10.7. The van der Waals surface area contributed by atoms with Crippen LogP contribution in [0.5, 0.6) is 17.2 Å². The maximum Gasteiger partial charge on any atom is 0.343 e. The predicted octanol–water partition coefficient (Wildman–Crippen LogP) is 9.26. The maximum atomic E-state index is 12.5. The van der Waals surface area contributed by atoms with Crippen molar-refractivity contribution in [1.29, 1.82) is 0 Å². The Labute approximate surface area is 247 Å². The Kier molecular flexibility index (Phi) is 17.8. The fourth-order valence-electron chi connectivity index (χ4n) is 4.27. The van der Waals surface area contributed by atoms with Crippen molar-refractivity contribution < 1.29 is 28.5 Å².